The summed E-state index contributed by atoms with van der Waals surface area (Å²) in [5, 5.41) is 2.96. The van der Waals surface area contributed by atoms with E-state index in [0.717, 1.165) is 22.8 Å². The number of hydrogen-bond acceptors (Lipinski definition) is 4. The van der Waals surface area contributed by atoms with Crippen LogP contribution in [0.4, 0.5) is 0 Å². The van der Waals surface area contributed by atoms with Gasteiger partial charge in [0, 0.05) is 6.42 Å². The maximum atomic E-state index is 12.1. The fourth-order valence-electron chi connectivity index (χ4n) is 2.60. The number of ether oxygens (including phenoxy) is 3. The molecule has 1 heterocycles. The zero-order valence-corrected chi connectivity index (χ0v) is 14.6. The minimum atomic E-state index is -0.0504. The highest BCUT2D eigenvalue weighted by atomic mass is 16.7. The third-order valence-corrected chi connectivity index (χ3v) is 4.01. The van der Waals surface area contributed by atoms with E-state index < -0.39 is 0 Å². The predicted octanol–water partition coefficient (Wildman–Crippen LogP) is 3.24. The van der Waals surface area contributed by atoms with E-state index in [1.54, 1.807) is 0 Å². The Hall–Kier alpha value is -2.69. The van der Waals surface area contributed by atoms with Crippen LogP contribution >= 0.6 is 0 Å². The number of hydrogen-bond donors (Lipinski definition) is 1. The Labute approximate surface area is 147 Å². The molecule has 25 heavy (non-hydrogen) atoms. The van der Waals surface area contributed by atoms with Gasteiger partial charge in [-0.25, -0.2) is 0 Å². The van der Waals surface area contributed by atoms with Crippen molar-refractivity contribution in [3.63, 3.8) is 0 Å². The lowest BCUT2D eigenvalue weighted by molar-refractivity contribution is -0.121. The van der Waals surface area contributed by atoms with E-state index in [2.05, 4.69) is 5.32 Å². The van der Waals surface area contributed by atoms with Gasteiger partial charge in [0.15, 0.2) is 11.5 Å². The van der Waals surface area contributed by atoms with Crippen molar-refractivity contribution in [1.82, 2.24) is 5.32 Å². The number of fused-ring (bicyclic) bond motifs is 1. The highest BCUT2D eigenvalue weighted by Gasteiger charge is 2.14. The van der Waals surface area contributed by atoms with Crippen molar-refractivity contribution >= 4 is 5.91 Å². The van der Waals surface area contributed by atoms with Gasteiger partial charge in [0.25, 0.3) is 0 Å². The number of nitrogens with one attached hydrogen (secondary N) is 1. The molecule has 0 aromatic heterocycles. The Morgan fingerprint density at radius 1 is 1.16 bits per heavy atom. The van der Waals surface area contributed by atoms with Crippen molar-refractivity contribution in [2.45, 2.75) is 32.7 Å². The molecular formula is C20H23NO4. The van der Waals surface area contributed by atoms with Crippen LogP contribution in [-0.2, 0) is 11.2 Å². The predicted molar refractivity (Wildman–Crippen MR) is 95.2 cm³/mol. The molecule has 0 saturated carbocycles. The molecule has 0 spiro atoms. The second-order valence-corrected chi connectivity index (χ2v) is 6.28. The van der Waals surface area contributed by atoms with Crippen LogP contribution < -0.4 is 19.5 Å². The molecule has 3 rings (SSSR count). The molecule has 1 atom stereocenters. The van der Waals surface area contributed by atoms with E-state index >= 15 is 0 Å². The molecule has 0 saturated heterocycles. The third-order valence-electron chi connectivity index (χ3n) is 4.01. The monoisotopic (exact) mass is 341 g/mol. The van der Waals surface area contributed by atoms with E-state index in [-0.39, 0.29) is 18.7 Å². The second-order valence-electron chi connectivity index (χ2n) is 6.28. The summed E-state index contributed by atoms with van der Waals surface area (Å²) in [6.45, 7) is 4.68. The van der Waals surface area contributed by atoms with Gasteiger partial charge in [-0.3, -0.25) is 4.79 Å². The SMILES string of the molecule is Cc1ccc(OC[C@@H](C)NC(=O)CCc2ccc3c(c2)OCO3)cc1. The van der Waals surface area contributed by atoms with Gasteiger partial charge >= 0.3 is 0 Å². The maximum absolute atomic E-state index is 12.1. The van der Waals surface area contributed by atoms with Crippen LogP contribution in [-0.4, -0.2) is 25.3 Å². The van der Waals surface area contributed by atoms with Crippen molar-refractivity contribution < 1.29 is 19.0 Å². The smallest absolute Gasteiger partial charge is 0.231 e. The number of rotatable bonds is 7. The summed E-state index contributed by atoms with van der Waals surface area (Å²) in [6.07, 6.45) is 1.09. The number of amides is 1. The fourth-order valence-corrected chi connectivity index (χ4v) is 2.60. The standard InChI is InChI=1S/C20H23NO4/c1-14-3-7-17(8-4-14)23-12-15(2)21-20(22)10-6-16-5-9-18-19(11-16)25-13-24-18/h3-5,7-9,11,15H,6,10,12-13H2,1-2H3,(H,21,22)/t15-/m1/s1. The van der Waals surface area contributed by atoms with E-state index in [1.165, 1.54) is 5.56 Å². The average Bonchev–Trinajstić information content (AvgIpc) is 3.07. The van der Waals surface area contributed by atoms with Crippen molar-refractivity contribution in [3.8, 4) is 17.2 Å². The van der Waals surface area contributed by atoms with Crippen molar-refractivity contribution in [2.75, 3.05) is 13.4 Å². The highest BCUT2D eigenvalue weighted by molar-refractivity contribution is 5.76. The lowest BCUT2D eigenvalue weighted by Crippen LogP contribution is -2.36. The Morgan fingerprint density at radius 2 is 1.92 bits per heavy atom. The highest BCUT2D eigenvalue weighted by Crippen LogP contribution is 2.32. The summed E-state index contributed by atoms with van der Waals surface area (Å²) >= 11 is 0. The Morgan fingerprint density at radius 3 is 2.72 bits per heavy atom. The molecule has 0 bridgehead atoms. The van der Waals surface area contributed by atoms with Gasteiger partial charge in [0.05, 0.1) is 6.04 Å². The maximum Gasteiger partial charge on any atom is 0.231 e. The minimum Gasteiger partial charge on any atom is -0.491 e. The first-order chi connectivity index (χ1) is 12.1. The number of carbonyl (C=O) groups excluding carboxylic acids is 1. The summed E-state index contributed by atoms with van der Waals surface area (Å²) in [5.74, 6) is 2.33. The van der Waals surface area contributed by atoms with E-state index in [4.69, 9.17) is 14.2 Å². The lowest BCUT2D eigenvalue weighted by atomic mass is 10.1. The van der Waals surface area contributed by atoms with Crippen molar-refractivity contribution in [1.29, 1.82) is 0 Å². The van der Waals surface area contributed by atoms with Crippen LogP contribution in [0.25, 0.3) is 0 Å². The molecule has 0 unspecified atom stereocenters. The van der Waals surface area contributed by atoms with Crippen molar-refractivity contribution in [3.05, 3.63) is 53.6 Å². The minimum absolute atomic E-state index is 0.0117. The zero-order valence-electron chi connectivity index (χ0n) is 14.6. The van der Waals surface area contributed by atoms with Gasteiger partial charge in [0.1, 0.15) is 12.4 Å². The van der Waals surface area contributed by atoms with E-state index in [0.29, 0.717) is 19.4 Å². The normalized spacial score (nSPS) is 13.4. The lowest BCUT2D eigenvalue weighted by Gasteiger charge is -2.15. The summed E-state index contributed by atoms with van der Waals surface area (Å²) < 4.78 is 16.3. The van der Waals surface area contributed by atoms with Crippen LogP contribution in [0, 0.1) is 6.92 Å². The zero-order chi connectivity index (χ0) is 17.6. The summed E-state index contributed by atoms with van der Waals surface area (Å²) in [7, 11) is 0. The fraction of sp³-hybridized carbons (Fsp3) is 0.350. The van der Waals surface area contributed by atoms with Gasteiger partial charge in [0.2, 0.25) is 12.7 Å². The summed E-state index contributed by atoms with van der Waals surface area (Å²) in [5.41, 5.74) is 2.25. The Bertz CT molecular complexity index is 727. The molecule has 5 heteroatoms. The van der Waals surface area contributed by atoms with Gasteiger partial charge in [-0.1, -0.05) is 23.8 Å². The molecule has 0 radical (unpaired) electrons. The molecule has 132 valence electrons. The van der Waals surface area contributed by atoms with Crippen molar-refractivity contribution in [2.24, 2.45) is 0 Å². The number of benzene rings is 2. The molecule has 1 aliphatic rings. The first-order valence-corrected chi connectivity index (χ1v) is 8.47. The topological polar surface area (TPSA) is 56.8 Å². The van der Waals surface area contributed by atoms with Crippen LogP contribution in [0.2, 0.25) is 0 Å². The number of aryl methyl sites for hydroxylation is 2. The molecule has 0 fully saturated rings. The summed E-state index contributed by atoms with van der Waals surface area (Å²) in [4.78, 5) is 12.1. The van der Waals surface area contributed by atoms with Crippen LogP contribution in [0.5, 0.6) is 17.2 Å². The van der Waals surface area contributed by atoms with Crippen LogP contribution in [0.15, 0.2) is 42.5 Å². The third kappa shape index (κ3) is 4.89. The quantitative estimate of drug-likeness (QED) is 0.840. The van der Waals surface area contributed by atoms with Gasteiger partial charge in [-0.05, 0) is 50.1 Å². The van der Waals surface area contributed by atoms with Gasteiger partial charge in [-0.2, -0.15) is 0 Å². The largest absolute Gasteiger partial charge is 0.491 e. The molecular weight excluding hydrogens is 318 g/mol. The molecule has 1 amide bonds. The van der Waals surface area contributed by atoms with Crippen LogP contribution in [0.3, 0.4) is 0 Å². The molecule has 1 aliphatic heterocycles. The van der Waals surface area contributed by atoms with E-state index in [9.17, 15) is 4.79 Å². The molecule has 2 aromatic carbocycles. The van der Waals surface area contributed by atoms with Crippen LogP contribution in [0.1, 0.15) is 24.5 Å². The molecule has 2 aromatic rings. The Kier molecular flexibility index (Phi) is 5.43. The molecule has 5 nitrogen and oxygen atoms in total. The Balaban J connectivity index is 1.40. The van der Waals surface area contributed by atoms with Gasteiger partial charge < -0.3 is 19.5 Å². The molecule has 1 N–H and O–H groups in total. The average molecular weight is 341 g/mol. The second kappa shape index (κ2) is 7.92. The molecule has 0 aliphatic carbocycles. The van der Waals surface area contributed by atoms with E-state index in [1.807, 2.05) is 56.3 Å². The number of carbonyl (C=O) groups is 1. The first kappa shape index (κ1) is 17.1. The summed E-state index contributed by atoms with van der Waals surface area (Å²) in [6, 6.07) is 13.6. The first-order valence-electron chi connectivity index (χ1n) is 8.47. The van der Waals surface area contributed by atoms with Gasteiger partial charge in [-0.15, -0.1) is 0 Å².